The van der Waals surface area contributed by atoms with Gasteiger partial charge in [0.05, 0.1) is 29.7 Å². The van der Waals surface area contributed by atoms with Crippen LogP contribution in [0.5, 0.6) is 0 Å². The summed E-state index contributed by atoms with van der Waals surface area (Å²) in [5.41, 5.74) is 3.51. The second kappa shape index (κ2) is 6.68. The van der Waals surface area contributed by atoms with Gasteiger partial charge >= 0.3 is 0 Å². The van der Waals surface area contributed by atoms with Crippen molar-refractivity contribution in [2.75, 3.05) is 26.3 Å². The zero-order valence-electron chi connectivity index (χ0n) is 14.5. The zero-order valence-corrected chi connectivity index (χ0v) is 14.5. The summed E-state index contributed by atoms with van der Waals surface area (Å²) >= 11 is 0. The largest absolute Gasteiger partial charge is 0.378 e. The van der Waals surface area contributed by atoms with E-state index >= 15 is 0 Å². The van der Waals surface area contributed by atoms with Crippen molar-refractivity contribution in [2.45, 2.75) is 6.92 Å². The Labute approximate surface area is 150 Å². The number of nitrogens with one attached hydrogen (secondary N) is 2. The Bertz CT molecular complexity index is 1040. The summed E-state index contributed by atoms with van der Waals surface area (Å²) < 4.78 is 5.31. The minimum Gasteiger partial charge on any atom is -0.378 e. The minimum absolute atomic E-state index is 0.00964. The summed E-state index contributed by atoms with van der Waals surface area (Å²) in [6, 6.07) is 9.16. The molecule has 0 spiro atoms. The first-order valence-corrected chi connectivity index (χ1v) is 8.50. The number of morpholine rings is 1. The predicted octanol–water partition coefficient (Wildman–Crippen LogP) is 1.89. The zero-order chi connectivity index (χ0) is 18.1. The fourth-order valence-corrected chi connectivity index (χ4v) is 3.15. The van der Waals surface area contributed by atoms with E-state index in [1.54, 1.807) is 17.2 Å². The number of carbonyl (C=O) groups excluding carboxylic acids is 1. The van der Waals surface area contributed by atoms with E-state index in [9.17, 15) is 4.79 Å². The number of amides is 1. The van der Waals surface area contributed by atoms with Gasteiger partial charge < -0.3 is 15.0 Å². The predicted molar refractivity (Wildman–Crippen MR) is 96.6 cm³/mol. The maximum Gasteiger partial charge on any atom is 0.254 e. The van der Waals surface area contributed by atoms with Crippen molar-refractivity contribution in [2.24, 2.45) is 0 Å². The fraction of sp³-hybridized carbons (Fsp3) is 0.263. The second-order valence-corrected chi connectivity index (χ2v) is 6.34. The van der Waals surface area contributed by atoms with Gasteiger partial charge in [0, 0.05) is 30.4 Å². The number of fused-ring (bicyclic) bond motifs is 1. The van der Waals surface area contributed by atoms with Gasteiger partial charge in [0.15, 0.2) is 5.65 Å². The molecule has 7 heteroatoms. The molecule has 0 radical (unpaired) electrons. The normalized spacial score (nSPS) is 14.6. The quantitative estimate of drug-likeness (QED) is 0.738. The van der Waals surface area contributed by atoms with Gasteiger partial charge in [0.2, 0.25) is 0 Å². The summed E-state index contributed by atoms with van der Waals surface area (Å²) in [6.45, 7) is 4.24. The highest BCUT2D eigenvalue weighted by Crippen LogP contribution is 2.24. The van der Waals surface area contributed by atoms with Gasteiger partial charge in [-0.05, 0) is 30.7 Å². The molecule has 0 atom stereocenters. The smallest absolute Gasteiger partial charge is 0.254 e. The number of aromatic nitrogens is 3. The Morgan fingerprint density at radius 3 is 2.88 bits per heavy atom. The molecule has 0 unspecified atom stereocenters. The Hall–Kier alpha value is -3.06. The van der Waals surface area contributed by atoms with E-state index in [1.807, 2.05) is 31.2 Å². The van der Waals surface area contributed by atoms with Crippen LogP contribution in [0.25, 0.3) is 22.3 Å². The standard InChI is InChI=1S/C19H19N5O2/c1-12-9-15(20)16-17(22-23-18(16)21-11-12)13-3-2-4-14(10-13)19(25)24-5-7-26-8-6-24/h2-4,9-11,20H,5-8H2,1H3,(H,22,23). The topological polar surface area (TPSA) is 95.0 Å². The summed E-state index contributed by atoms with van der Waals surface area (Å²) in [7, 11) is 0. The third-order valence-corrected chi connectivity index (χ3v) is 4.48. The highest BCUT2D eigenvalue weighted by molar-refractivity contribution is 5.97. The van der Waals surface area contributed by atoms with Crippen LogP contribution in [0, 0.1) is 12.3 Å². The van der Waals surface area contributed by atoms with Crippen molar-refractivity contribution in [3.8, 4) is 11.3 Å². The van der Waals surface area contributed by atoms with Crippen LogP contribution < -0.4 is 5.36 Å². The summed E-state index contributed by atoms with van der Waals surface area (Å²) in [5.74, 6) is -0.00964. The molecule has 3 aromatic rings. The third kappa shape index (κ3) is 2.97. The van der Waals surface area contributed by atoms with Crippen molar-refractivity contribution < 1.29 is 9.53 Å². The van der Waals surface area contributed by atoms with E-state index in [4.69, 9.17) is 10.1 Å². The van der Waals surface area contributed by atoms with Crippen LogP contribution >= 0.6 is 0 Å². The molecule has 0 aliphatic carbocycles. The summed E-state index contributed by atoms with van der Waals surface area (Å²) in [6.07, 6.45) is 1.70. The fourth-order valence-electron chi connectivity index (χ4n) is 3.15. The molecule has 132 valence electrons. The molecule has 1 saturated heterocycles. The Kier molecular flexibility index (Phi) is 4.22. The van der Waals surface area contributed by atoms with Gasteiger partial charge in [0.25, 0.3) is 5.91 Å². The number of nitrogens with zero attached hydrogens (tertiary/aromatic N) is 3. The van der Waals surface area contributed by atoms with Crippen molar-refractivity contribution in [1.82, 2.24) is 20.1 Å². The first-order chi connectivity index (χ1) is 12.6. The van der Waals surface area contributed by atoms with Gasteiger partial charge in [-0.25, -0.2) is 4.98 Å². The van der Waals surface area contributed by atoms with Crippen LogP contribution in [0.3, 0.4) is 0 Å². The number of carbonyl (C=O) groups is 1. The van der Waals surface area contributed by atoms with Crippen LogP contribution in [0.4, 0.5) is 0 Å². The molecule has 1 aliphatic heterocycles. The molecule has 2 aromatic heterocycles. The van der Waals surface area contributed by atoms with E-state index in [-0.39, 0.29) is 5.91 Å². The lowest BCUT2D eigenvalue weighted by Gasteiger charge is -2.27. The van der Waals surface area contributed by atoms with Crippen molar-refractivity contribution >= 4 is 16.9 Å². The van der Waals surface area contributed by atoms with Gasteiger partial charge in [0.1, 0.15) is 0 Å². The summed E-state index contributed by atoms with van der Waals surface area (Å²) in [4.78, 5) is 18.9. The minimum atomic E-state index is -0.00964. The maximum absolute atomic E-state index is 12.7. The van der Waals surface area contributed by atoms with Gasteiger partial charge in [-0.2, -0.15) is 5.10 Å². The number of hydrogen-bond acceptors (Lipinski definition) is 5. The van der Waals surface area contributed by atoms with Crippen LogP contribution in [0.15, 0.2) is 36.5 Å². The van der Waals surface area contributed by atoms with Gasteiger partial charge in [-0.3, -0.25) is 9.89 Å². The Balaban J connectivity index is 1.78. The highest BCUT2D eigenvalue weighted by Gasteiger charge is 2.19. The number of benzene rings is 1. The van der Waals surface area contributed by atoms with Gasteiger partial charge in [-0.15, -0.1) is 0 Å². The molecule has 0 bridgehead atoms. The van der Waals surface area contributed by atoms with E-state index in [1.165, 1.54) is 0 Å². The number of rotatable bonds is 2. The molecule has 0 saturated carbocycles. The monoisotopic (exact) mass is 349 g/mol. The van der Waals surface area contributed by atoms with Crippen LogP contribution in [-0.4, -0.2) is 52.3 Å². The third-order valence-electron chi connectivity index (χ3n) is 4.48. The molecular weight excluding hydrogens is 330 g/mol. The van der Waals surface area contributed by atoms with E-state index in [0.29, 0.717) is 54.0 Å². The lowest BCUT2D eigenvalue weighted by Crippen LogP contribution is -2.40. The highest BCUT2D eigenvalue weighted by atomic mass is 16.5. The van der Waals surface area contributed by atoms with Crippen LogP contribution in [0.1, 0.15) is 15.9 Å². The summed E-state index contributed by atoms with van der Waals surface area (Å²) in [5, 5.41) is 16.5. The average molecular weight is 349 g/mol. The number of aryl methyl sites for hydroxylation is 1. The molecule has 3 heterocycles. The average Bonchev–Trinajstić information content (AvgIpc) is 3.05. The first-order valence-electron chi connectivity index (χ1n) is 8.50. The lowest BCUT2D eigenvalue weighted by atomic mass is 10.0. The molecule has 1 aliphatic rings. The Morgan fingerprint density at radius 2 is 2.08 bits per heavy atom. The maximum atomic E-state index is 12.7. The SMILES string of the molecule is Cc1cnc2n[nH]c(-c3cccc(C(=O)N4CCOCC4)c3)c2c(=N)c1. The molecule has 4 rings (SSSR count). The lowest BCUT2D eigenvalue weighted by molar-refractivity contribution is 0.0303. The molecule has 2 N–H and O–H groups in total. The van der Waals surface area contributed by atoms with E-state index < -0.39 is 0 Å². The second-order valence-electron chi connectivity index (χ2n) is 6.34. The molecule has 1 fully saturated rings. The molecule has 1 aromatic carbocycles. The number of aromatic amines is 1. The van der Waals surface area contributed by atoms with Gasteiger partial charge in [-0.1, -0.05) is 12.1 Å². The van der Waals surface area contributed by atoms with Crippen molar-refractivity contribution in [3.05, 3.63) is 53.0 Å². The molecular formula is C19H19N5O2. The Morgan fingerprint density at radius 1 is 1.27 bits per heavy atom. The number of hydrogen-bond donors (Lipinski definition) is 2. The van der Waals surface area contributed by atoms with E-state index in [0.717, 1.165) is 11.1 Å². The molecule has 7 nitrogen and oxygen atoms in total. The van der Waals surface area contributed by atoms with Crippen LogP contribution in [0.2, 0.25) is 0 Å². The number of ether oxygens (including phenoxy) is 1. The first kappa shape index (κ1) is 16.4. The van der Waals surface area contributed by atoms with Crippen molar-refractivity contribution in [3.63, 3.8) is 0 Å². The van der Waals surface area contributed by atoms with Crippen molar-refractivity contribution in [1.29, 1.82) is 5.41 Å². The molecule has 1 amide bonds. The molecule has 26 heavy (non-hydrogen) atoms. The number of H-pyrrole nitrogens is 1. The van der Waals surface area contributed by atoms with E-state index in [2.05, 4.69) is 15.2 Å². The van der Waals surface area contributed by atoms with Crippen LogP contribution in [-0.2, 0) is 4.74 Å².